The Labute approximate surface area is 109 Å². The van der Waals surface area contributed by atoms with E-state index in [1.165, 1.54) is 0 Å². The summed E-state index contributed by atoms with van der Waals surface area (Å²) in [4.78, 5) is 22.5. The van der Waals surface area contributed by atoms with Crippen LogP contribution in [0.2, 0.25) is 0 Å². The summed E-state index contributed by atoms with van der Waals surface area (Å²) in [5.74, 6) is -1.89. The summed E-state index contributed by atoms with van der Waals surface area (Å²) in [6, 6.07) is -0.190. The van der Waals surface area contributed by atoms with Gasteiger partial charge in [-0.2, -0.15) is 13.2 Å². The second-order valence-corrected chi connectivity index (χ2v) is 4.75. The van der Waals surface area contributed by atoms with Crippen LogP contribution in [0.4, 0.5) is 13.2 Å². The summed E-state index contributed by atoms with van der Waals surface area (Å²) in [7, 11) is 0. The zero-order chi connectivity index (χ0) is 15.2. The molecule has 2 N–H and O–H groups in total. The zero-order valence-electron chi connectivity index (χ0n) is 11.1. The summed E-state index contributed by atoms with van der Waals surface area (Å²) in [6.45, 7) is 2.59. The van der Waals surface area contributed by atoms with Crippen molar-refractivity contribution >= 4 is 11.9 Å². The first-order valence-corrected chi connectivity index (χ1v) is 5.81. The summed E-state index contributed by atoms with van der Waals surface area (Å²) in [6.07, 6.45) is -4.54. The number of alkyl halides is 3. The fourth-order valence-corrected chi connectivity index (χ4v) is 1.28. The van der Waals surface area contributed by atoms with Crippen LogP contribution in [-0.2, 0) is 9.59 Å². The predicted octanol–water partition coefficient (Wildman–Crippen LogP) is 1.10. The Morgan fingerprint density at radius 3 is 2.11 bits per heavy atom. The van der Waals surface area contributed by atoms with Crippen LogP contribution in [0.15, 0.2) is 0 Å². The van der Waals surface area contributed by atoms with E-state index in [1.54, 1.807) is 6.92 Å². The molecule has 0 bridgehead atoms. The van der Waals surface area contributed by atoms with Gasteiger partial charge in [0.2, 0.25) is 5.91 Å². The maximum absolute atomic E-state index is 12.2. The van der Waals surface area contributed by atoms with Gasteiger partial charge >= 0.3 is 12.1 Å². The van der Waals surface area contributed by atoms with Crippen molar-refractivity contribution in [3.8, 4) is 0 Å². The van der Waals surface area contributed by atoms with E-state index in [-0.39, 0.29) is 12.0 Å². The Kier molecular flexibility index (Phi) is 6.82. The van der Waals surface area contributed by atoms with Gasteiger partial charge in [-0.1, -0.05) is 13.8 Å². The number of hydrogen-bond donors (Lipinski definition) is 2. The molecule has 1 atom stereocenters. The Hall–Kier alpha value is -1.31. The second-order valence-electron chi connectivity index (χ2n) is 4.75. The quantitative estimate of drug-likeness (QED) is 0.734. The lowest BCUT2D eigenvalue weighted by Gasteiger charge is -2.23. The number of nitrogens with zero attached hydrogens (tertiary/aromatic N) is 1. The highest BCUT2D eigenvalue weighted by Crippen LogP contribution is 2.16. The maximum atomic E-state index is 12.2. The number of nitrogens with one attached hydrogen (secondary N) is 1. The molecule has 0 fully saturated rings. The number of carboxylic acids is 1. The Morgan fingerprint density at radius 2 is 1.74 bits per heavy atom. The van der Waals surface area contributed by atoms with Gasteiger partial charge in [0.15, 0.2) is 0 Å². The number of halogens is 3. The lowest BCUT2D eigenvalue weighted by Crippen LogP contribution is -2.46. The van der Waals surface area contributed by atoms with Gasteiger partial charge in [-0.05, 0) is 12.8 Å². The molecule has 112 valence electrons. The number of aliphatic carboxylic acids is 1. The molecular weight excluding hydrogens is 265 g/mol. The molecule has 0 rings (SSSR count). The van der Waals surface area contributed by atoms with Gasteiger partial charge in [-0.25, -0.2) is 0 Å². The van der Waals surface area contributed by atoms with Crippen LogP contribution in [0.3, 0.4) is 0 Å². The van der Waals surface area contributed by atoms with E-state index < -0.39 is 37.7 Å². The van der Waals surface area contributed by atoms with Gasteiger partial charge in [-0.15, -0.1) is 0 Å². The number of amides is 1. The summed E-state index contributed by atoms with van der Waals surface area (Å²) >= 11 is 0. The predicted molar refractivity (Wildman–Crippen MR) is 62.6 cm³/mol. The second kappa shape index (κ2) is 7.32. The van der Waals surface area contributed by atoms with E-state index in [4.69, 9.17) is 5.11 Å². The average Bonchev–Trinajstić information content (AvgIpc) is 2.12. The Balaban J connectivity index is 4.46. The molecule has 0 spiro atoms. The molecule has 0 aromatic heterocycles. The molecule has 0 aromatic carbocycles. The summed E-state index contributed by atoms with van der Waals surface area (Å²) in [5, 5.41) is 11.1. The molecule has 8 heteroatoms. The first-order valence-electron chi connectivity index (χ1n) is 5.81. The third kappa shape index (κ3) is 9.29. The molecule has 0 saturated carbocycles. The largest absolute Gasteiger partial charge is 0.480 e. The van der Waals surface area contributed by atoms with Crippen LogP contribution >= 0.6 is 0 Å². The molecule has 1 amide bonds. The van der Waals surface area contributed by atoms with Crippen molar-refractivity contribution in [1.82, 2.24) is 10.2 Å². The van der Waals surface area contributed by atoms with Gasteiger partial charge in [0.05, 0.1) is 19.6 Å². The first kappa shape index (κ1) is 17.7. The molecular formula is C11H19F3N2O3. The van der Waals surface area contributed by atoms with Gasteiger partial charge in [0.1, 0.15) is 0 Å². The van der Waals surface area contributed by atoms with Crippen LogP contribution in [0.5, 0.6) is 0 Å². The highest BCUT2D eigenvalue weighted by atomic mass is 19.4. The molecule has 0 aliphatic carbocycles. The minimum atomic E-state index is -4.54. The van der Waals surface area contributed by atoms with Crippen LogP contribution in [0, 0.1) is 5.92 Å². The summed E-state index contributed by atoms with van der Waals surface area (Å²) < 4.78 is 36.7. The standard InChI is InChI=1S/C11H19F3N2O3/c1-7(2)8(3)15-9(17)4-16(5-10(18)19)6-11(12,13)14/h7-8H,4-6H2,1-3H3,(H,15,17)(H,18,19). The number of carboxylic acid groups (broad SMARTS) is 1. The minimum Gasteiger partial charge on any atom is -0.480 e. The van der Waals surface area contributed by atoms with Crippen molar-refractivity contribution in [2.75, 3.05) is 19.6 Å². The highest BCUT2D eigenvalue weighted by molar-refractivity contribution is 5.79. The highest BCUT2D eigenvalue weighted by Gasteiger charge is 2.32. The Bertz CT molecular complexity index is 319. The van der Waals surface area contributed by atoms with Crippen molar-refractivity contribution in [3.05, 3.63) is 0 Å². The van der Waals surface area contributed by atoms with Crippen molar-refractivity contribution in [2.45, 2.75) is 33.0 Å². The normalized spacial score (nSPS) is 13.7. The van der Waals surface area contributed by atoms with Crippen molar-refractivity contribution in [1.29, 1.82) is 0 Å². The smallest absolute Gasteiger partial charge is 0.401 e. The van der Waals surface area contributed by atoms with E-state index in [9.17, 15) is 22.8 Å². The molecule has 0 aliphatic heterocycles. The van der Waals surface area contributed by atoms with E-state index in [0.29, 0.717) is 4.90 Å². The third-order valence-electron chi connectivity index (χ3n) is 2.52. The number of hydrogen-bond acceptors (Lipinski definition) is 3. The monoisotopic (exact) mass is 284 g/mol. The van der Waals surface area contributed by atoms with Crippen LogP contribution < -0.4 is 5.32 Å². The molecule has 19 heavy (non-hydrogen) atoms. The van der Waals surface area contributed by atoms with Crippen LogP contribution in [0.25, 0.3) is 0 Å². The van der Waals surface area contributed by atoms with Gasteiger partial charge in [0.25, 0.3) is 0 Å². The van der Waals surface area contributed by atoms with E-state index in [2.05, 4.69) is 5.32 Å². The van der Waals surface area contributed by atoms with Crippen molar-refractivity contribution < 1.29 is 27.9 Å². The molecule has 0 aromatic rings. The molecule has 0 aliphatic rings. The molecule has 5 nitrogen and oxygen atoms in total. The molecule has 1 unspecified atom stereocenters. The minimum absolute atomic E-state index is 0.138. The third-order valence-corrected chi connectivity index (χ3v) is 2.52. The molecule has 0 saturated heterocycles. The topological polar surface area (TPSA) is 69.6 Å². The van der Waals surface area contributed by atoms with Crippen LogP contribution in [0.1, 0.15) is 20.8 Å². The molecule has 0 heterocycles. The fourth-order valence-electron chi connectivity index (χ4n) is 1.28. The zero-order valence-corrected chi connectivity index (χ0v) is 11.1. The first-order chi connectivity index (χ1) is 8.51. The van der Waals surface area contributed by atoms with Crippen LogP contribution in [-0.4, -0.2) is 53.7 Å². The van der Waals surface area contributed by atoms with Crippen molar-refractivity contribution in [2.24, 2.45) is 5.92 Å². The average molecular weight is 284 g/mol. The van der Waals surface area contributed by atoms with Crippen molar-refractivity contribution in [3.63, 3.8) is 0 Å². The lowest BCUT2D eigenvalue weighted by molar-refractivity contribution is -0.155. The fraction of sp³-hybridized carbons (Fsp3) is 0.818. The number of rotatable bonds is 7. The maximum Gasteiger partial charge on any atom is 0.401 e. The van der Waals surface area contributed by atoms with Gasteiger partial charge in [0, 0.05) is 6.04 Å². The van der Waals surface area contributed by atoms with E-state index >= 15 is 0 Å². The lowest BCUT2D eigenvalue weighted by atomic mass is 10.1. The Morgan fingerprint density at radius 1 is 1.21 bits per heavy atom. The number of carbonyl (C=O) groups is 2. The van der Waals surface area contributed by atoms with E-state index in [0.717, 1.165) is 0 Å². The van der Waals surface area contributed by atoms with E-state index in [1.807, 2.05) is 13.8 Å². The molecule has 0 radical (unpaired) electrons. The number of carbonyl (C=O) groups excluding carboxylic acids is 1. The SMILES string of the molecule is CC(C)C(C)NC(=O)CN(CC(=O)O)CC(F)(F)F. The van der Waals surface area contributed by atoms with Gasteiger partial charge in [-0.3, -0.25) is 14.5 Å². The summed E-state index contributed by atoms with van der Waals surface area (Å²) in [5.41, 5.74) is 0. The van der Waals surface area contributed by atoms with Gasteiger partial charge < -0.3 is 10.4 Å².